The molecular formula is C12H12ClNO2. The highest BCUT2D eigenvalue weighted by molar-refractivity contribution is 6.31. The van der Waals surface area contributed by atoms with Crippen LogP contribution in [0.4, 0.5) is 0 Å². The third-order valence-corrected chi connectivity index (χ3v) is 2.57. The Hall–Kier alpha value is -1.53. The van der Waals surface area contributed by atoms with Crippen molar-refractivity contribution in [2.24, 2.45) is 0 Å². The second kappa shape index (κ2) is 5.53. The van der Waals surface area contributed by atoms with Crippen LogP contribution in [0.25, 0.3) is 0 Å². The maximum Gasteiger partial charge on any atom is 0.310 e. The van der Waals surface area contributed by atoms with Crippen molar-refractivity contribution in [3.63, 3.8) is 0 Å². The van der Waals surface area contributed by atoms with Crippen molar-refractivity contribution >= 4 is 17.6 Å². The molecule has 84 valence electrons. The molecule has 0 aliphatic carbocycles. The van der Waals surface area contributed by atoms with Gasteiger partial charge >= 0.3 is 5.97 Å². The Bertz CT molecular complexity index is 449. The number of esters is 1. The predicted molar refractivity (Wildman–Crippen MR) is 61.2 cm³/mol. The number of halogens is 1. The Morgan fingerprint density at radius 2 is 2.25 bits per heavy atom. The largest absolute Gasteiger partial charge is 0.466 e. The van der Waals surface area contributed by atoms with Crippen molar-refractivity contribution in [1.82, 2.24) is 0 Å². The van der Waals surface area contributed by atoms with E-state index in [9.17, 15) is 4.79 Å². The SMILES string of the molecule is CCOC(=O)Cc1cc(Cl)c(C)c(C#N)c1. The predicted octanol–water partition coefficient (Wildman–Crippen LogP) is 2.63. The van der Waals surface area contributed by atoms with E-state index in [0.29, 0.717) is 22.8 Å². The molecule has 0 saturated carbocycles. The van der Waals surface area contributed by atoms with E-state index < -0.39 is 0 Å². The van der Waals surface area contributed by atoms with Gasteiger partial charge in [0.25, 0.3) is 0 Å². The van der Waals surface area contributed by atoms with E-state index in [0.717, 1.165) is 5.56 Å². The topological polar surface area (TPSA) is 50.1 Å². The molecule has 0 N–H and O–H groups in total. The number of rotatable bonds is 3. The molecule has 4 heteroatoms. The zero-order chi connectivity index (χ0) is 12.1. The third-order valence-electron chi connectivity index (χ3n) is 2.18. The summed E-state index contributed by atoms with van der Waals surface area (Å²) in [5.41, 5.74) is 1.93. The van der Waals surface area contributed by atoms with Crippen LogP contribution in [-0.4, -0.2) is 12.6 Å². The summed E-state index contributed by atoms with van der Waals surface area (Å²) in [5.74, 6) is -0.314. The van der Waals surface area contributed by atoms with Crippen LogP contribution in [0.15, 0.2) is 12.1 Å². The molecule has 0 aliphatic heterocycles. The first-order chi connectivity index (χ1) is 7.58. The van der Waals surface area contributed by atoms with E-state index in [-0.39, 0.29) is 12.4 Å². The molecule has 0 atom stereocenters. The van der Waals surface area contributed by atoms with Gasteiger partial charge in [-0.25, -0.2) is 0 Å². The smallest absolute Gasteiger partial charge is 0.310 e. The lowest BCUT2D eigenvalue weighted by atomic mass is 10.0. The number of carbonyl (C=O) groups is 1. The maximum atomic E-state index is 11.3. The minimum absolute atomic E-state index is 0.141. The second-order valence-electron chi connectivity index (χ2n) is 3.34. The van der Waals surface area contributed by atoms with E-state index in [1.165, 1.54) is 0 Å². The Labute approximate surface area is 99.6 Å². The summed E-state index contributed by atoms with van der Waals surface area (Å²) in [7, 11) is 0. The lowest BCUT2D eigenvalue weighted by Gasteiger charge is -2.06. The van der Waals surface area contributed by atoms with E-state index in [4.69, 9.17) is 21.6 Å². The Balaban J connectivity index is 2.95. The van der Waals surface area contributed by atoms with Crippen LogP contribution in [0.5, 0.6) is 0 Å². The number of nitriles is 1. The van der Waals surface area contributed by atoms with Gasteiger partial charge in [0.05, 0.1) is 24.7 Å². The zero-order valence-electron chi connectivity index (χ0n) is 9.21. The Morgan fingerprint density at radius 3 is 2.81 bits per heavy atom. The fraction of sp³-hybridized carbons (Fsp3) is 0.333. The molecular weight excluding hydrogens is 226 g/mol. The maximum absolute atomic E-state index is 11.3. The summed E-state index contributed by atoms with van der Waals surface area (Å²) in [4.78, 5) is 11.3. The van der Waals surface area contributed by atoms with Crippen molar-refractivity contribution in [2.45, 2.75) is 20.3 Å². The van der Waals surface area contributed by atoms with Gasteiger partial charge in [-0.15, -0.1) is 0 Å². The van der Waals surface area contributed by atoms with Gasteiger partial charge in [0.1, 0.15) is 0 Å². The number of hydrogen-bond donors (Lipinski definition) is 0. The fourth-order valence-electron chi connectivity index (χ4n) is 1.33. The van der Waals surface area contributed by atoms with Crippen LogP contribution < -0.4 is 0 Å². The molecule has 0 radical (unpaired) electrons. The first kappa shape index (κ1) is 12.5. The van der Waals surface area contributed by atoms with Crippen LogP contribution in [-0.2, 0) is 16.0 Å². The monoisotopic (exact) mass is 237 g/mol. The summed E-state index contributed by atoms with van der Waals surface area (Å²) in [6, 6.07) is 5.40. The zero-order valence-corrected chi connectivity index (χ0v) is 9.97. The second-order valence-corrected chi connectivity index (χ2v) is 3.75. The molecule has 0 amide bonds. The average molecular weight is 238 g/mol. The summed E-state index contributed by atoms with van der Waals surface area (Å²) < 4.78 is 4.82. The molecule has 1 rings (SSSR count). The highest BCUT2D eigenvalue weighted by Gasteiger charge is 2.09. The van der Waals surface area contributed by atoms with Crippen LogP contribution in [0, 0.1) is 18.3 Å². The standard InChI is InChI=1S/C12H12ClNO2/c1-3-16-12(15)6-9-4-10(7-14)8(2)11(13)5-9/h4-5H,3,6H2,1-2H3. The number of carbonyl (C=O) groups excluding carboxylic acids is 1. The molecule has 1 aromatic carbocycles. The average Bonchev–Trinajstić information content (AvgIpc) is 2.23. The van der Waals surface area contributed by atoms with Crippen molar-refractivity contribution in [1.29, 1.82) is 5.26 Å². The van der Waals surface area contributed by atoms with E-state index in [1.54, 1.807) is 26.0 Å². The van der Waals surface area contributed by atoms with Gasteiger partial charge in [0.15, 0.2) is 0 Å². The highest BCUT2D eigenvalue weighted by Crippen LogP contribution is 2.21. The lowest BCUT2D eigenvalue weighted by Crippen LogP contribution is -2.07. The highest BCUT2D eigenvalue weighted by atomic mass is 35.5. The van der Waals surface area contributed by atoms with Gasteiger partial charge in [-0.1, -0.05) is 11.6 Å². The molecule has 3 nitrogen and oxygen atoms in total. The Morgan fingerprint density at radius 1 is 1.56 bits per heavy atom. The van der Waals surface area contributed by atoms with E-state index in [1.807, 2.05) is 6.07 Å². The van der Waals surface area contributed by atoms with Gasteiger partial charge in [-0.05, 0) is 37.1 Å². The van der Waals surface area contributed by atoms with Crippen molar-refractivity contribution in [2.75, 3.05) is 6.61 Å². The normalized spacial score (nSPS) is 9.62. The quantitative estimate of drug-likeness (QED) is 0.760. The van der Waals surface area contributed by atoms with Crippen molar-refractivity contribution in [3.8, 4) is 6.07 Å². The number of nitrogens with zero attached hydrogens (tertiary/aromatic N) is 1. The van der Waals surface area contributed by atoms with Crippen LogP contribution in [0.2, 0.25) is 5.02 Å². The first-order valence-electron chi connectivity index (χ1n) is 4.93. The minimum atomic E-state index is -0.314. The molecule has 0 aromatic heterocycles. The summed E-state index contributed by atoms with van der Waals surface area (Å²) in [6.07, 6.45) is 0.141. The molecule has 0 aliphatic rings. The number of benzene rings is 1. The lowest BCUT2D eigenvalue weighted by molar-refractivity contribution is -0.142. The summed E-state index contributed by atoms with van der Waals surface area (Å²) in [6.45, 7) is 3.87. The molecule has 1 aromatic rings. The summed E-state index contributed by atoms with van der Waals surface area (Å²) in [5, 5.41) is 9.38. The van der Waals surface area contributed by atoms with E-state index >= 15 is 0 Å². The number of ether oxygens (including phenoxy) is 1. The molecule has 0 saturated heterocycles. The van der Waals surface area contributed by atoms with Crippen molar-refractivity contribution in [3.05, 3.63) is 33.8 Å². The fourth-order valence-corrected chi connectivity index (χ4v) is 1.57. The van der Waals surface area contributed by atoms with Crippen LogP contribution >= 0.6 is 11.6 Å². The molecule has 0 heterocycles. The molecule has 0 bridgehead atoms. The van der Waals surface area contributed by atoms with Crippen LogP contribution in [0.3, 0.4) is 0 Å². The van der Waals surface area contributed by atoms with E-state index in [2.05, 4.69) is 0 Å². The molecule has 0 spiro atoms. The van der Waals surface area contributed by atoms with Crippen molar-refractivity contribution < 1.29 is 9.53 Å². The Kier molecular flexibility index (Phi) is 4.33. The summed E-state index contributed by atoms with van der Waals surface area (Å²) >= 11 is 5.96. The van der Waals surface area contributed by atoms with Crippen LogP contribution in [0.1, 0.15) is 23.6 Å². The minimum Gasteiger partial charge on any atom is -0.466 e. The molecule has 16 heavy (non-hydrogen) atoms. The van der Waals surface area contributed by atoms with Gasteiger partial charge in [0.2, 0.25) is 0 Å². The first-order valence-corrected chi connectivity index (χ1v) is 5.31. The molecule has 0 unspecified atom stereocenters. The van der Waals surface area contributed by atoms with Gasteiger partial charge < -0.3 is 4.74 Å². The van der Waals surface area contributed by atoms with Gasteiger partial charge in [0, 0.05) is 5.02 Å². The van der Waals surface area contributed by atoms with Gasteiger partial charge in [-0.2, -0.15) is 5.26 Å². The molecule has 0 fully saturated rings. The van der Waals surface area contributed by atoms with Gasteiger partial charge in [-0.3, -0.25) is 4.79 Å². The third kappa shape index (κ3) is 2.98. The number of hydrogen-bond acceptors (Lipinski definition) is 3.